The van der Waals surface area contributed by atoms with Crippen LogP contribution in [0.15, 0.2) is 48.5 Å². The van der Waals surface area contributed by atoms with Crippen LogP contribution in [0.3, 0.4) is 0 Å². The summed E-state index contributed by atoms with van der Waals surface area (Å²) in [5.74, 6) is -0.424. The minimum absolute atomic E-state index is 0.0166. The number of aliphatic hydroxyl groups excluding tert-OH is 2. The van der Waals surface area contributed by atoms with E-state index in [0.717, 1.165) is 11.1 Å². The number of rotatable bonds is 6. The summed E-state index contributed by atoms with van der Waals surface area (Å²) in [5.41, 5.74) is 2.66. The van der Waals surface area contributed by atoms with Crippen molar-refractivity contribution in [3.8, 4) is 11.1 Å². The Kier molecular flexibility index (Phi) is 6.27. The molecule has 25 heavy (non-hydrogen) atoms. The molecule has 0 aliphatic heterocycles. The molecule has 0 saturated carbocycles. The first kappa shape index (κ1) is 18.6. The van der Waals surface area contributed by atoms with Gasteiger partial charge in [0, 0.05) is 31.8 Å². The van der Waals surface area contributed by atoms with Gasteiger partial charge in [0.15, 0.2) is 0 Å². The quantitative estimate of drug-likeness (QED) is 0.734. The van der Waals surface area contributed by atoms with Gasteiger partial charge in [0.1, 0.15) is 0 Å². The van der Waals surface area contributed by atoms with E-state index in [0.29, 0.717) is 11.1 Å². The van der Waals surface area contributed by atoms with Crippen LogP contribution in [-0.2, 0) is 0 Å². The van der Waals surface area contributed by atoms with Gasteiger partial charge in [-0.3, -0.25) is 9.59 Å². The molecular formula is C19H22N2O4. The largest absolute Gasteiger partial charge is 0.394 e. The summed E-state index contributed by atoms with van der Waals surface area (Å²) in [6.07, 6.45) is -0.979. The zero-order valence-corrected chi connectivity index (χ0v) is 14.3. The molecule has 132 valence electrons. The van der Waals surface area contributed by atoms with E-state index in [1.807, 2.05) is 18.2 Å². The lowest BCUT2D eigenvalue weighted by Crippen LogP contribution is -2.33. The Morgan fingerprint density at radius 1 is 1.08 bits per heavy atom. The SMILES string of the molecule is CN(C)C(=O)c1ccccc1-c1ccc(C(=O)NCC(O)CO)cc1. The minimum atomic E-state index is -0.979. The number of carbonyl (C=O) groups excluding carboxylic acids is 2. The number of amides is 2. The highest BCUT2D eigenvalue weighted by molar-refractivity contribution is 6.01. The molecule has 0 aliphatic rings. The third-order valence-corrected chi connectivity index (χ3v) is 3.73. The van der Waals surface area contributed by atoms with Crippen LogP contribution < -0.4 is 5.32 Å². The lowest BCUT2D eigenvalue weighted by atomic mass is 9.98. The Bertz CT molecular complexity index is 741. The molecule has 0 aromatic heterocycles. The predicted octanol–water partition coefficient (Wildman–Crippen LogP) is 1.14. The second-order valence-corrected chi connectivity index (χ2v) is 5.87. The van der Waals surface area contributed by atoms with Crippen molar-refractivity contribution in [3.05, 3.63) is 59.7 Å². The van der Waals surface area contributed by atoms with Crippen LogP contribution >= 0.6 is 0 Å². The highest BCUT2D eigenvalue weighted by atomic mass is 16.3. The second kappa shape index (κ2) is 8.41. The average molecular weight is 342 g/mol. The first-order valence-electron chi connectivity index (χ1n) is 7.92. The first-order valence-corrected chi connectivity index (χ1v) is 7.92. The normalized spacial score (nSPS) is 11.7. The van der Waals surface area contributed by atoms with Crippen molar-refractivity contribution in [2.24, 2.45) is 0 Å². The van der Waals surface area contributed by atoms with E-state index in [1.165, 1.54) is 4.90 Å². The van der Waals surface area contributed by atoms with Crippen LogP contribution in [0.25, 0.3) is 11.1 Å². The molecule has 0 spiro atoms. The third-order valence-electron chi connectivity index (χ3n) is 3.73. The molecule has 2 amide bonds. The third kappa shape index (κ3) is 4.65. The average Bonchev–Trinajstić information content (AvgIpc) is 2.65. The fourth-order valence-corrected chi connectivity index (χ4v) is 2.34. The van der Waals surface area contributed by atoms with Crippen molar-refractivity contribution < 1.29 is 19.8 Å². The standard InChI is InChI=1S/C19H22N2O4/c1-21(2)19(25)17-6-4-3-5-16(17)13-7-9-14(10-8-13)18(24)20-11-15(23)12-22/h3-10,15,22-23H,11-12H2,1-2H3,(H,20,24). The molecule has 2 aromatic carbocycles. The Hall–Kier alpha value is -2.70. The summed E-state index contributed by atoms with van der Waals surface area (Å²) < 4.78 is 0. The maximum Gasteiger partial charge on any atom is 0.253 e. The van der Waals surface area contributed by atoms with Gasteiger partial charge < -0.3 is 20.4 Å². The molecule has 0 fully saturated rings. The number of benzene rings is 2. The van der Waals surface area contributed by atoms with E-state index in [-0.39, 0.29) is 18.4 Å². The van der Waals surface area contributed by atoms with Crippen LogP contribution in [0.4, 0.5) is 0 Å². The molecule has 3 N–H and O–H groups in total. The van der Waals surface area contributed by atoms with E-state index in [2.05, 4.69) is 5.32 Å². The van der Waals surface area contributed by atoms with Crippen molar-refractivity contribution in [3.63, 3.8) is 0 Å². The molecule has 2 rings (SSSR count). The topological polar surface area (TPSA) is 89.9 Å². The van der Waals surface area contributed by atoms with Crippen molar-refractivity contribution in [1.29, 1.82) is 0 Å². The summed E-state index contributed by atoms with van der Waals surface area (Å²) in [6.45, 7) is -0.423. The Balaban J connectivity index is 2.21. The minimum Gasteiger partial charge on any atom is -0.394 e. The summed E-state index contributed by atoms with van der Waals surface area (Å²) >= 11 is 0. The highest BCUT2D eigenvalue weighted by Gasteiger charge is 2.14. The molecule has 0 saturated heterocycles. The highest BCUT2D eigenvalue weighted by Crippen LogP contribution is 2.25. The molecular weight excluding hydrogens is 320 g/mol. The molecule has 2 aromatic rings. The fourth-order valence-electron chi connectivity index (χ4n) is 2.34. The second-order valence-electron chi connectivity index (χ2n) is 5.87. The van der Waals surface area contributed by atoms with Gasteiger partial charge in [-0.25, -0.2) is 0 Å². The number of hydrogen-bond acceptors (Lipinski definition) is 4. The van der Waals surface area contributed by atoms with Crippen LogP contribution in [0.5, 0.6) is 0 Å². The van der Waals surface area contributed by atoms with Crippen molar-refractivity contribution in [2.45, 2.75) is 6.10 Å². The van der Waals surface area contributed by atoms with Gasteiger partial charge in [-0.05, 0) is 29.3 Å². The summed E-state index contributed by atoms with van der Waals surface area (Å²) in [4.78, 5) is 25.8. The van der Waals surface area contributed by atoms with Gasteiger partial charge in [0.05, 0.1) is 12.7 Å². The van der Waals surface area contributed by atoms with Gasteiger partial charge >= 0.3 is 0 Å². The smallest absolute Gasteiger partial charge is 0.253 e. The van der Waals surface area contributed by atoms with E-state index < -0.39 is 12.7 Å². The van der Waals surface area contributed by atoms with E-state index in [1.54, 1.807) is 44.4 Å². The van der Waals surface area contributed by atoms with Crippen LogP contribution in [0, 0.1) is 0 Å². The summed E-state index contributed by atoms with van der Waals surface area (Å²) in [6, 6.07) is 14.2. The van der Waals surface area contributed by atoms with Crippen LogP contribution in [0.2, 0.25) is 0 Å². The molecule has 0 radical (unpaired) electrons. The Labute approximate surface area is 146 Å². The van der Waals surface area contributed by atoms with Gasteiger partial charge in [0.25, 0.3) is 11.8 Å². The molecule has 0 heterocycles. The monoisotopic (exact) mass is 342 g/mol. The summed E-state index contributed by atoms with van der Waals surface area (Å²) in [7, 11) is 3.40. The van der Waals surface area contributed by atoms with Crippen molar-refractivity contribution in [1.82, 2.24) is 10.2 Å². The van der Waals surface area contributed by atoms with Crippen LogP contribution in [-0.4, -0.2) is 60.3 Å². The van der Waals surface area contributed by atoms with E-state index in [9.17, 15) is 14.7 Å². The van der Waals surface area contributed by atoms with Crippen LogP contribution in [0.1, 0.15) is 20.7 Å². The Morgan fingerprint density at radius 3 is 2.32 bits per heavy atom. The van der Waals surface area contributed by atoms with Crippen molar-refractivity contribution in [2.75, 3.05) is 27.2 Å². The van der Waals surface area contributed by atoms with Gasteiger partial charge in [-0.2, -0.15) is 0 Å². The molecule has 0 aliphatic carbocycles. The van der Waals surface area contributed by atoms with E-state index >= 15 is 0 Å². The zero-order valence-electron chi connectivity index (χ0n) is 14.3. The van der Waals surface area contributed by atoms with E-state index in [4.69, 9.17) is 5.11 Å². The zero-order chi connectivity index (χ0) is 18.4. The van der Waals surface area contributed by atoms with Gasteiger partial charge in [0.2, 0.25) is 0 Å². The number of hydrogen-bond donors (Lipinski definition) is 3. The number of carbonyl (C=O) groups is 2. The maximum atomic E-state index is 12.3. The number of aliphatic hydroxyl groups is 2. The molecule has 1 unspecified atom stereocenters. The lowest BCUT2D eigenvalue weighted by molar-refractivity contribution is 0.0801. The molecule has 0 bridgehead atoms. The summed E-state index contributed by atoms with van der Waals surface area (Å²) in [5, 5.41) is 20.6. The Morgan fingerprint density at radius 2 is 1.72 bits per heavy atom. The molecule has 1 atom stereocenters. The molecule has 6 nitrogen and oxygen atoms in total. The number of nitrogens with zero attached hydrogens (tertiary/aromatic N) is 1. The lowest BCUT2D eigenvalue weighted by Gasteiger charge is -2.14. The van der Waals surface area contributed by atoms with Gasteiger partial charge in [-0.1, -0.05) is 30.3 Å². The predicted molar refractivity (Wildman–Crippen MR) is 95.3 cm³/mol. The van der Waals surface area contributed by atoms with Gasteiger partial charge in [-0.15, -0.1) is 0 Å². The fraction of sp³-hybridized carbons (Fsp3) is 0.263. The molecule has 6 heteroatoms. The number of nitrogens with one attached hydrogen (secondary N) is 1. The first-order chi connectivity index (χ1) is 11.9. The van der Waals surface area contributed by atoms with Crippen molar-refractivity contribution >= 4 is 11.8 Å². The maximum absolute atomic E-state index is 12.3.